The van der Waals surface area contributed by atoms with Gasteiger partial charge in [-0.2, -0.15) is 0 Å². The Morgan fingerprint density at radius 2 is 2.00 bits per heavy atom. The number of amides is 2. The van der Waals surface area contributed by atoms with Crippen molar-refractivity contribution in [1.29, 1.82) is 0 Å². The summed E-state index contributed by atoms with van der Waals surface area (Å²) in [5.74, 6) is -3.75. The Morgan fingerprint density at radius 1 is 1.35 bits per heavy atom. The summed E-state index contributed by atoms with van der Waals surface area (Å²) in [5.41, 5.74) is -1.84. The summed E-state index contributed by atoms with van der Waals surface area (Å²) in [6.45, 7) is 3.46. The van der Waals surface area contributed by atoms with E-state index in [-0.39, 0.29) is 31.5 Å². The lowest BCUT2D eigenvalue weighted by Crippen LogP contribution is -2.49. The Bertz CT molecular complexity index is 669. The van der Waals surface area contributed by atoms with Crippen LogP contribution in [-0.2, 0) is 21.4 Å². The van der Waals surface area contributed by atoms with Gasteiger partial charge in [0.05, 0.1) is 12.0 Å². The number of nitrogens with one attached hydrogen (secondary N) is 1. The third-order valence-electron chi connectivity index (χ3n) is 5.05. The number of ether oxygens (including phenoxy) is 1. The van der Waals surface area contributed by atoms with Crippen LogP contribution in [-0.4, -0.2) is 65.0 Å². The molecular formula is C17H26F2N4O3. The van der Waals surface area contributed by atoms with E-state index < -0.39 is 23.3 Å². The van der Waals surface area contributed by atoms with E-state index in [9.17, 15) is 18.4 Å². The van der Waals surface area contributed by atoms with Crippen molar-refractivity contribution < 1.29 is 23.1 Å². The number of methoxy groups -OCH3 is 1. The lowest BCUT2D eigenvalue weighted by Gasteiger charge is -2.33. The number of likely N-dealkylation sites (tertiary alicyclic amines) is 1. The normalized spacial score (nSPS) is 21.1. The highest BCUT2D eigenvalue weighted by Crippen LogP contribution is 2.39. The number of aromatic nitrogens is 2. The molecule has 2 atom stereocenters. The highest BCUT2D eigenvalue weighted by atomic mass is 19.3. The number of imidazole rings is 1. The number of carbonyl (C=O) groups is 2. The molecule has 0 aliphatic carbocycles. The number of nitrogens with zero attached hydrogens (tertiary/aromatic N) is 3. The standard InChI is InChI=1S/C17H26F2N4O3/c1-16(2,17(3,18)19)15(25)23-8-11(14-20-6-7-22(14)4)12(9-23)21-13(24)10-26-5/h6-7,11-12H,8-10H2,1-5H3,(H,21,24)/t11-,12-/m1/s1. The fourth-order valence-corrected chi connectivity index (χ4v) is 3.07. The van der Waals surface area contributed by atoms with Crippen molar-refractivity contribution in [3.8, 4) is 0 Å². The third kappa shape index (κ3) is 3.87. The SMILES string of the molecule is COCC(=O)N[C@@H]1CN(C(=O)C(C)(C)C(C)(F)F)C[C@H]1c1nccn1C. The van der Waals surface area contributed by atoms with Gasteiger partial charge in [-0.05, 0) is 13.8 Å². The molecule has 0 unspecified atom stereocenters. The minimum Gasteiger partial charge on any atom is -0.375 e. The molecule has 2 heterocycles. The van der Waals surface area contributed by atoms with Gasteiger partial charge >= 0.3 is 0 Å². The monoisotopic (exact) mass is 372 g/mol. The molecule has 0 spiro atoms. The van der Waals surface area contributed by atoms with Gasteiger partial charge in [0.1, 0.15) is 17.8 Å². The minimum absolute atomic E-state index is 0.115. The van der Waals surface area contributed by atoms with E-state index in [4.69, 9.17) is 4.74 Å². The van der Waals surface area contributed by atoms with Gasteiger partial charge in [-0.3, -0.25) is 9.59 Å². The lowest BCUT2D eigenvalue weighted by molar-refractivity contribution is -0.161. The second-order valence-corrected chi connectivity index (χ2v) is 7.33. The van der Waals surface area contributed by atoms with Gasteiger partial charge in [-0.25, -0.2) is 13.8 Å². The van der Waals surface area contributed by atoms with E-state index in [1.165, 1.54) is 25.9 Å². The highest BCUT2D eigenvalue weighted by Gasteiger charge is 2.52. The maximum absolute atomic E-state index is 13.9. The highest BCUT2D eigenvalue weighted by molar-refractivity contribution is 5.84. The molecule has 1 saturated heterocycles. The zero-order chi connectivity index (χ0) is 19.7. The van der Waals surface area contributed by atoms with Crippen LogP contribution in [0.5, 0.6) is 0 Å². The Labute approximate surface area is 151 Å². The number of halogens is 2. The predicted molar refractivity (Wildman–Crippen MR) is 90.7 cm³/mol. The first-order valence-corrected chi connectivity index (χ1v) is 8.41. The van der Waals surface area contributed by atoms with Crippen LogP contribution in [0.4, 0.5) is 8.78 Å². The summed E-state index contributed by atoms with van der Waals surface area (Å²) in [5, 5.41) is 2.82. The molecule has 1 fully saturated rings. The molecule has 1 aromatic heterocycles. The topological polar surface area (TPSA) is 76.5 Å². The average Bonchev–Trinajstić information content (AvgIpc) is 3.11. The van der Waals surface area contributed by atoms with E-state index in [0.717, 1.165) is 6.92 Å². The van der Waals surface area contributed by atoms with Crippen molar-refractivity contribution in [2.75, 3.05) is 26.8 Å². The molecular weight excluding hydrogens is 346 g/mol. The molecule has 0 saturated carbocycles. The molecule has 1 aliphatic rings. The van der Waals surface area contributed by atoms with Crippen molar-refractivity contribution >= 4 is 11.8 Å². The first-order valence-electron chi connectivity index (χ1n) is 8.41. The molecule has 146 valence electrons. The molecule has 1 aliphatic heterocycles. The number of alkyl halides is 2. The maximum atomic E-state index is 13.9. The molecule has 2 amide bonds. The molecule has 0 radical (unpaired) electrons. The van der Waals surface area contributed by atoms with E-state index in [1.54, 1.807) is 17.0 Å². The molecule has 0 aromatic carbocycles. The van der Waals surface area contributed by atoms with Crippen molar-refractivity contribution in [2.24, 2.45) is 12.5 Å². The number of hydrogen-bond donors (Lipinski definition) is 1. The molecule has 1 aromatic rings. The number of carbonyl (C=O) groups excluding carboxylic acids is 2. The van der Waals surface area contributed by atoms with Crippen LogP contribution in [0.1, 0.15) is 32.5 Å². The van der Waals surface area contributed by atoms with Crippen molar-refractivity contribution in [2.45, 2.75) is 38.7 Å². The van der Waals surface area contributed by atoms with E-state index in [1.807, 2.05) is 7.05 Å². The van der Waals surface area contributed by atoms with Crippen LogP contribution in [0, 0.1) is 5.41 Å². The van der Waals surface area contributed by atoms with Gasteiger partial charge in [0.25, 0.3) is 5.92 Å². The zero-order valence-corrected chi connectivity index (χ0v) is 15.8. The van der Waals surface area contributed by atoms with Crippen LogP contribution < -0.4 is 5.32 Å². The Morgan fingerprint density at radius 3 is 2.50 bits per heavy atom. The van der Waals surface area contributed by atoms with Crippen LogP contribution in [0.2, 0.25) is 0 Å². The van der Waals surface area contributed by atoms with Crippen LogP contribution >= 0.6 is 0 Å². The maximum Gasteiger partial charge on any atom is 0.259 e. The lowest BCUT2D eigenvalue weighted by atomic mass is 9.85. The Kier molecular flexibility index (Phi) is 5.70. The van der Waals surface area contributed by atoms with Crippen LogP contribution in [0.3, 0.4) is 0 Å². The van der Waals surface area contributed by atoms with E-state index in [2.05, 4.69) is 10.3 Å². The fourth-order valence-electron chi connectivity index (χ4n) is 3.07. The summed E-state index contributed by atoms with van der Waals surface area (Å²) in [7, 11) is 3.22. The summed E-state index contributed by atoms with van der Waals surface area (Å²) < 4.78 is 34.4. The smallest absolute Gasteiger partial charge is 0.259 e. The molecule has 7 nitrogen and oxygen atoms in total. The molecule has 1 N–H and O–H groups in total. The van der Waals surface area contributed by atoms with Crippen molar-refractivity contribution in [3.05, 3.63) is 18.2 Å². The van der Waals surface area contributed by atoms with Crippen molar-refractivity contribution in [1.82, 2.24) is 19.8 Å². The van der Waals surface area contributed by atoms with Crippen LogP contribution in [0.15, 0.2) is 12.4 Å². The van der Waals surface area contributed by atoms with Crippen LogP contribution in [0.25, 0.3) is 0 Å². The predicted octanol–water partition coefficient (Wildman–Crippen LogP) is 1.16. The van der Waals surface area contributed by atoms with Gasteiger partial charge < -0.3 is 19.5 Å². The second kappa shape index (κ2) is 7.30. The fraction of sp³-hybridized carbons (Fsp3) is 0.706. The minimum atomic E-state index is -3.17. The zero-order valence-electron chi connectivity index (χ0n) is 15.8. The molecule has 2 rings (SSSR count). The van der Waals surface area contributed by atoms with Gasteiger partial charge in [0, 0.05) is 46.6 Å². The first-order chi connectivity index (χ1) is 12.0. The van der Waals surface area contributed by atoms with Gasteiger partial charge in [-0.15, -0.1) is 0 Å². The number of hydrogen-bond acceptors (Lipinski definition) is 4. The second-order valence-electron chi connectivity index (χ2n) is 7.33. The van der Waals surface area contributed by atoms with Gasteiger partial charge in [0.15, 0.2) is 0 Å². The quantitative estimate of drug-likeness (QED) is 0.813. The molecule has 26 heavy (non-hydrogen) atoms. The summed E-state index contributed by atoms with van der Waals surface area (Å²) in [6, 6.07) is -0.427. The Hall–Kier alpha value is -2.03. The van der Waals surface area contributed by atoms with Gasteiger partial charge in [0.2, 0.25) is 11.8 Å². The van der Waals surface area contributed by atoms with Crippen molar-refractivity contribution in [3.63, 3.8) is 0 Å². The number of rotatable bonds is 6. The number of aryl methyl sites for hydroxylation is 1. The molecule has 9 heteroatoms. The third-order valence-corrected chi connectivity index (χ3v) is 5.05. The Balaban J connectivity index is 2.26. The summed E-state index contributed by atoms with van der Waals surface area (Å²) >= 11 is 0. The van der Waals surface area contributed by atoms with Gasteiger partial charge in [-0.1, -0.05) is 0 Å². The average molecular weight is 372 g/mol. The van der Waals surface area contributed by atoms with E-state index >= 15 is 0 Å². The van der Waals surface area contributed by atoms with E-state index in [0.29, 0.717) is 5.82 Å². The summed E-state index contributed by atoms with van der Waals surface area (Å²) in [4.78, 5) is 30.4. The summed E-state index contributed by atoms with van der Waals surface area (Å²) in [6.07, 6.45) is 3.38. The molecule has 0 bridgehead atoms. The first kappa shape index (κ1) is 20.3. The largest absolute Gasteiger partial charge is 0.375 e.